The van der Waals surface area contributed by atoms with Crippen LogP contribution in [0.2, 0.25) is 0 Å². The predicted molar refractivity (Wildman–Crippen MR) is 129 cm³/mol. The van der Waals surface area contributed by atoms with Gasteiger partial charge in [-0.15, -0.1) is 5.10 Å². The number of ether oxygens (including phenoxy) is 2. The van der Waals surface area contributed by atoms with Crippen molar-refractivity contribution in [3.05, 3.63) is 51.5 Å². The number of hydrogen-bond acceptors (Lipinski definition) is 7. The molecule has 0 aliphatic heterocycles. The molecule has 35 heavy (non-hydrogen) atoms. The van der Waals surface area contributed by atoms with Crippen molar-refractivity contribution in [2.24, 2.45) is 22.6 Å². The third-order valence-electron chi connectivity index (χ3n) is 4.80. The number of phenols is 1. The first kappa shape index (κ1) is 28.2. The Hall–Kier alpha value is -2.99. The molecule has 2 aromatic rings. The van der Waals surface area contributed by atoms with Crippen molar-refractivity contribution in [1.82, 2.24) is 5.53 Å². The average Bonchev–Trinajstić information content (AvgIpc) is 2.77. The topological polar surface area (TPSA) is 132 Å². The summed E-state index contributed by atoms with van der Waals surface area (Å²) in [6.45, 7) is 4.26. The molecular weight excluding hydrogens is 533 g/mol. The van der Waals surface area contributed by atoms with E-state index in [1.807, 2.05) is 19.4 Å². The van der Waals surface area contributed by atoms with Crippen molar-refractivity contribution in [3.63, 3.8) is 0 Å². The highest BCUT2D eigenvalue weighted by Gasteiger charge is 2.35. The first-order valence-electron chi connectivity index (χ1n) is 10.8. The first-order valence-corrected chi connectivity index (χ1v) is 11.6. The molecule has 0 saturated heterocycles. The van der Waals surface area contributed by atoms with Gasteiger partial charge in [-0.1, -0.05) is 13.8 Å². The number of nitrogens with two attached hydrogens (primary N) is 2. The lowest BCUT2D eigenvalue weighted by atomic mass is 10.0. The van der Waals surface area contributed by atoms with E-state index >= 15 is 0 Å². The van der Waals surface area contributed by atoms with Crippen LogP contribution in [0.3, 0.4) is 0 Å². The zero-order valence-corrected chi connectivity index (χ0v) is 20.9. The number of Topliss-reactive ketones (excluding diaryl/α,β-unsaturated/α-hetero) is 1. The molecule has 0 amide bonds. The monoisotopic (exact) mass is 560 g/mol. The van der Waals surface area contributed by atoms with Gasteiger partial charge >= 0.3 is 6.18 Å². The number of ketones is 1. The number of unbranched alkanes of at least 4 members (excludes halogenated alkanes) is 1. The highest BCUT2D eigenvalue weighted by molar-refractivity contribution is 9.10. The van der Waals surface area contributed by atoms with E-state index in [1.165, 1.54) is 12.1 Å². The number of phenolic OH excluding ortho intramolecular Hbond substituents is 1. The zero-order chi connectivity index (χ0) is 26.2. The van der Waals surface area contributed by atoms with Gasteiger partial charge in [-0.25, -0.2) is 11.4 Å². The molecule has 0 aliphatic rings. The van der Waals surface area contributed by atoms with Gasteiger partial charge in [-0.3, -0.25) is 4.79 Å². The maximum atomic E-state index is 13.4. The fourth-order valence-corrected chi connectivity index (χ4v) is 3.60. The van der Waals surface area contributed by atoms with E-state index in [2.05, 4.69) is 21.0 Å². The Kier molecular flexibility index (Phi) is 10.2. The SMILES string of the molecule is CC(C)CC(=O)c1ccc(OCCCCOc2ccc(/C(N)=N/NN)c(C(F)(F)F)c2)c(Br)c1O. The molecule has 192 valence electrons. The van der Waals surface area contributed by atoms with Gasteiger partial charge < -0.3 is 20.3 Å². The summed E-state index contributed by atoms with van der Waals surface area (Å²) in [6, 6.07) is 6.50. The van der Waals surface area contributed by atoms with Crippen molar-refractivity contribution >= 4 is 27.5 Å². The molecule has 0 atom stereocenters. The Morgan fingerprint density at radius 1 is 1.14 bits per heavy atom. The normalized spacial score (nSPS) is 12.1. The number of aromatic hydroxyl groups is 1. The lowest BCUT2D eigenvalue weighted by molar-refractivity contribution is -0.137. The van der Waals surface area contributed by atoms with E-state index in [9.17, 15) is 23.1 Å². The molecule has 0 radical (unpaired) electrons. The van der Waals surface area contributed by atoms with Gasteiger partial charge in [-0.05, 0) is 65.0 Å². The Morgan fingerprint density at radius 3 is 2.37 bits per heavy atom. The predicted octanol–water partition coefficient (Wildman–Crippen LogP) is 4.72. The number of hydrogen-bond donors (Lipinski definition) is 4. The zero-order valence-electron chi connectivity index (χ0n) is 19.3. The fraction of sp³-hybridized carbons (Fsp3) is 0.391. The molecular formula is C23H28BrF3N4O4. The average molecular weight is 561 g/mol. The molecule has 0 aromatic heterocycles. The summed E-state index contributed by atoms with van der Waals surface area (Å²) in [7, 11) is 0. The van der Waals surface area contributed by atoms with Crippen molar-refractivity contribution in [2.75, 3.05) is 13.2 Å². The number of hydrazone groups is 1. The molecule has 2 aromatic carbocycles. The van der Waals surface area contributed by atoms with E-state index in [1.54, 1.807) is 6.07 Å². The van der Waals surface area contributed by atoms with E-state index in [-0.39, 0.29) is 52.0 Å². The molecule has 0 bridgehead atoms. The van der Waals surface area contributed by atoms with Gasteiger partial charge in [0.25, 0.3) is 0 Å². The van der Waals surface area contributed by atoms with E-state index in [0.717, 1.165) is 12.1 Å². The van der Waals surface area contributed by atoms with Crippen LogP contribution in [0.25, 0.3) is 0 Å². The summed E-state index contributed by atoms with van der Waals surface area (Å²) in [5.74, 6) is 4.82. The highest BCUT2D eigenvalue weighted by Crippen LogP contribution is 2.37. The van der Waals surface area contributed by atoms with E-state index in [4.69, 9.17) is 21.1 Å². The summed E-state index contributed by atoms with van der Waals surface area (Å²) in [6.07, 6.45) is -3.31. The lowest BCUT2D eigenvalue weighted by Gasteiger charge is -2.15. The fourth-order valence-electron chi connectivity index (χ4n) is 3.14. The smallest absolute Gasteiger partial charge is 0.417 e. The molecule has 2 rings (SSSR count). The second kappa shape index (κ2) is 12.6. The van der Waals surface area contributed by atoms with Gasteiger partial charge in [-0.2, -0.15) is 13.2 Å². The van der Waals surface area contributed by atoms with Gasteiger partial charge in [0.15, 0.2) is 11.6 Å². The van der Waals surface area contributed by atoms with Crippen molar-refractivity contribution in [2.45, 2.75) is 39.3 Å². The number of nitrogens with one attached hydrogen (secondary N) is 1. The van der Waals surface area contributed by atoms with Crippen LogP contribution in [0.1, 0.15) is 54.6 Å². The number of carbonyl (C=O) groups excluding carboxylic acids is 1. The van der Waals surface area contributed by atoms with Crippen LogP contribution >= 0.6 is 15.9 Å². The number of hydrazine groups is 1. The summed E-state index contributed by atoms with van der Waals surface area (Å²) in [4.78, 5) is 12.2. The third-order valence-corrected chi connectivity index (χ3v) is 5.56. The Bertz CT molecular complexity index is 1060. The minimum atomic E-state index is -4.66. The van der Waals surface area contributed by atoms with Crippen molar-refractivity contribution in [1.29, 1.82) is 0 Å². The molecule has 0 spiro atoms. The van der Waals surface area contributed by atoms with E-state index in [0.29, 0.717) is 25.0 Å². The van der Waals surface area contributed by atoms with Crippen molar-refractivity contribution in [3.8, 4) is 17.2 Å². The maximum absolute atomic E-state index is 13.4. The summed E-state index contributed by atoms with van der Waals surface area (Å²) < 4.78 is 51.5. The van der Waals surface area contributed by atoms with Gasteiger partial charge in [0, 0.05) is 12.0 Å². The number of carbonyl (C=O) groups is 1. The molecule has 0 unspecified atom stereocenters. The number of amidine groups is 1. The Morgan fingerprint density at radius 2 is 1.77 bits per heavy atom. The highest BCUT2D eigenvalue weighted by atomic mass is 79.9. The maximum Gasteiger partial charge on any atom is 0.417 e. The number of benzene rings is 2. The lowest BCUT2D eigenvalue weighted by Crippen LogP contribution is -2.25. The summed E-state index contributed by atoms with van der Waals surface area (Å²) >= 11 is 3.26. The van der Waals surface area contributed by atoms with Crippen LogP contribution < -0.4 is 26.6 Å². The third kappa shape index (κ3) is 8.03. The summed E-state index contributed by atoms with van der Waals surface area (Å²) in [5, 5.41) is 13.7. The number of nitrogens with zero attached hydrogens (tertiary/aromatic N) is 1. The number of rotatable bonds is 12. The molecule has 6 N–H and O–H groups in total. The summed E-state index contributed by atoms with van der Waals surface area (Å²) in [5.41, 5.74) is 6.32. The molecule has 12 heteroatoms. The minimum Gasteiger partial charge on any atom is -0.506 e. The number of alkyl halides is 3. The first-order chi connectivity index (χ1) is 16.5. The quantitative estimate of drug-likeness (QED) is 0.0736. The Labute approximate surface area is 209 Å². The second-order valence-corrected chi connectivity index (χ2v) is 8.82. The van der Waals surface area contributed by atoms with Crippen LogP contribution in [-0.4, -0.2) is 29.9 Å². The molecule has 0 aliphatic carbocycles. The Balaban J connectivity index is 1.90. The molecule has 0 heterocycles. The van der Waals surface area contributed by atoms with Crippen LogP contribution in [0.5, 0.6) is 17.2 Å². The van der Waals surface area contributed by atoms with Crippen LogP contribution in [-0.2, 0) is 6.18 Å². The minimum absolute atomic E-state index is 0.0322. The van der Waals surface area contributed by atoms with Crippen LogP contribution in [0.4, 0.5) is 13.2 Å². The van der Waals surface area contributed by atoms with Gasteiger partial charge in [0.05, 0.1) is 24.3 Å². The molecule has 8 nitrogen and oxygen atoms in total. The standard InChI is InChI=1S/C23H28BrF3N4O4/c1-13(2)11-18(32)16-7-8-19(20(24)21(16)33)35-10-4-3-9-34-14-5-6-15(22(28)30-31-29)17(12-14)23(25,26)27/h5-8,12-13,31,33H,3-4,9-11,29H2,1-2H3,(H2,28,30). The molecule has 0 fully saturated rings. The van der Waals surface area contributed by atoms with Crippen molar-refractivity contribution < 1.29 is 32.5 Å². The van der Waals surface area contributed by atoms with Gasteiger partial charge in [0.2, 0.25) is 0 Å². The second-order valence-electron chi connectivity index (χ2n) is 8.03. The largest absolute Gasteiger partial charge is 0.506 e. The van der Waals surface area contributed by atoms with E-state index < -0.39 is 17.6 Å². The van der Waals surface area contributed by atoms with Gasteiger partial charge in [0.1, 0.15) is 21.7 Å². The van der Waals surface area contributed by atoms with Crippen LogP contribution in [0.15, 0.2) is 39.9 Å². The molecule has 0 saturated carbocycles. The number of halogens is 4. The van der Waals surface area contributed by atoms with Crippen LogP contribution in [0, 0.1) is 5.92 Å².